The highest BCUT2D eigenvalue weighted by atomic mass is 31.1. The molecule has 2 N–H and O–H groups in total. The van der Waals surface area contributed by atoms with Gasteiger partial charge in [-0.2, -0.15) is 0 Å². The molecule has 6 heteroatoms. The Morgan fingerprint density at radius 2 is 2.36 bits per heavy atom. The predicted molar refractivity (Wildman–Crippen MR) is 48.2 cm³/mol. The summed E-state index contributed by atoms with van der Waals surface area (Å²) in [6, 6.07) is 0. The lowest BCUT2D eigenvalue weighted by molar-refractivity contribution is -0.137. The van der Waals surface area contributed by atoms with E-state index in [-0.39, 0.29) is 12.2 Å². The fourth-order valence-corrected chi connectivity index (χ4v) is 1.82. The van der Waals surface area contributed by atoms with Gasteiger partial charge in [0.15, 0.2) is 0 Å². The molecule has 64 valence electrons. The van der Waals surface area contributed by atoms with Crippen LogP contribution in [0.5, 0.6) is 0 Å². The second-order valence-corrected chi connectivity index (χ2v) is 3.82. The zero-order valence-corrected chi connectivity index (χ0v) is 8.04. The first-order chi connectivity index (χ1) is 5.07. The Labute approximate surface area is 68.1 Å². The third-order valence-electron chi connectivity index (χ3n) is 1.17. The first-order valence-corrected chi connectivity index (χ1v) is 5.12. The molecule has 0 aliphatic heterocycles. The average Bonchev–Trinajstić information content (AvgIpc) is 1.87. The van der Waals surface area contributed by atoms with Crippen LogP contribution < -0.4 is 5.09 Å². The minimum absolute atomic E-state index is 0.0165. The third kappa shape index (κ3) is 5.14. The Kier molecular flexibility index (Phi) is 5.39. The van der Waals surface area contributed by atoms with E-state index in [0.29, 0.717) is 6.42 Å². The van der Waals surface area contributed by atoms with Crippen LogP contribution in [0.15, 0.2) is 0 Å². The molecule has 0 aromatic heterocycles. The highest BCUT2D eigenvalue weighted by Gasteiger charge is 2.08. The molecule has 3 atom stereocenters. The van der Waals surface area contributed by atoms with E-state index in [1.165, 1.54) is 0 Å². The molecule has 0 aliphatic rings. The number of aliphatic carboxylic acids is 1. The maximum Gasteiger partial charge on any atom is 0.303 e. The molecule has 0 aromatic rings. The smallest absolute Gasteiger partial charge is 0.303 e. The highest BCUT2D eigenvalue weighted by Crippen LogP contribution is 2.17. The van der Waals surface area contributed by atoms with Crippen molar-refractivity contribution in [3.63, 3.8) is 0 Å². The molecule has 0 rings (SSSR count). The molecule has 4 nitrogen and oxygen atoms in total. The lowest BCUT2D eigenvalue weighted by atomic mass is 10.3. The van der Waals surface area contributed by atoms with Crippen LogP contribution in [0.1, 0.15) is 12.8 Å². The average molecular weight is 195 g/mol. The molecular formula is C5H11NO3P2. The van der Waals surface area contributed by atoms with Crippen molar-refractivity contribution in [1.29, 1.82) is 0 Å². The second kappa shape index (κ2) is 5.48. The van der Waals surface area contributed by atoms with Gasteiger partial charge < -0.3 is 5.11 Å². The monoisotopic (exact) mass is 195 g/mol. The second-order valence-electron chi connectivity index (χ2n) is 2.03. The lowest BCUT2D eigenvalue weighted by Crippen LogP contribution is -2.15. The summed E-state index contributed by atoms with van der Waals surface area (Å²) in [5, 5.41) is 11.0. The van der Waals surface area contributed by atoms with E-state index in [2.05, 4.69) is 20.8 Å². The van der Waals surface area contributed by atoms with Crippen LogP contribution in [0.3, 0.4) is 0 Å². The molecule has 0 fully saturated rings. The Bertz CT molecular complexity index is 194. The standard InChI is InChI=1S/C5H11NO3P2/c1-11(9)4(6-10)2-3-5(7)8/h4,6H,1-3,10H2,(H,7,8). The number of carbonyl (C=O) groups is 1. The summed E-state index contributed by atoms with van der Waals surface area (Å²) >= 11 is 0. The van der Waals surface area contributed by atoms with Gasteiger partial charge in [0.05, 0.1) is 5.78 Å². The van der Waals surface area contributed by atoms with E-state index in [0.717, 1.165) is 0 Å². The van der Waals surface area contributed by atoms with E-state index in [4.69, 9.17) is 5.11 Å². The topological polar surface area (TPSA) is 66.4 Å². The van der Waals surface area contributed by atoms with Crippen molar-refractivity contribution in [2.24, 2.45) is 0 Å². The number of hydrogen-bond donors (Lipinski definition) is 2. The maximum atomic E-state index is 10.8. The fraction of sp³-hybridized carbons (Fsp3) is 0.600. The van der Waals surface area contributed by atoms with E-state index in [1.807, 2.05) is 0 Å². The van der Waals surface area contributed by atoms with Crippen LogP contribution in [-0.4, -0.2) is 23.2 Å². The molecule has 0 heterocycles. The van der Waals surface area contributed by atoms with Crippen molar-refractivity contribution in [3.05, 3.63) is 0 Å². The van der Waals surface area contributed by atoms with Gasteiger partial charge in [-0.05, 0) is 12.7 Å². The van der Waals surface area contributed by atoms with Gasteiger partial charge >= 0.3 is 5.97 Å². The summed E-state index contributed by atoms with van der Waals surface area (Å²) in [4.78, 5) is 10.1. The normalized spacial score (nSPS) is 14.1. The van der Waals surface area contributed by atoms with Gasteiger partial charge in [-0.1, -0.05) is 9.39 Å². The van der Waals surface area contributed by atoms with Crippen LogP contribution in [0, 0.1) is 0 Å². The Morgan fingerprint density at radius 1 is 1.82 bits per heavy atom. The van der Waals surface area contributed by atoms with E-state index in [9.17, 15) is 9.36 Å². The summed E-state index contributed by atoms with van der Waals surface area (Å²) in [6.45, 7) is 0. The molecule has 11 heavy (non-hydrogen) atoms. The molecular weight excluding hydrogens is 184 g/mol. The fourth-order valence-electron chi connectivity index (χ4n) is 0.571. The van der Waals surface area contributed by atoms with Crippen molar-refractivity contribution in [1.82, 2.24) is 5.09 Å². The van der Waals surface area contributed by atoms with E-state index < -0.39 is 13.4 Å². The van der Waals surface area contributed by atoms with Crippen molar-refractivity contribution < 1.29 is 14.5 Å². The largest absolute Gasteiger partial charge is 0.481 e. The van der Waals surface area contributed by atoms with Crippen molar-refractivity contribution in [3.8, 4) is 0 Å². The Morgan fingerprint density at radius 3 is 2.64 bits per heavy atom. The van der Waals surface area contributed by atoms with Crippen molar-refractivity contribution in [2.75, 3.05) is 0 Å². The Balaban J connectivity index is 3.79. The molecule has 0 saturated heterocycles. The molecule has 0 bridgehead atoms. The van der Waals surface area contributed by atoms with Crippen LogP contribution in [0.4, 0.5) is 0 Å². The van der Waals surface area contributed by atoms with Crippen molar-refractivity contribution >= 4 is 29.1 Å². The molecule has 0 spiro atoms. The lowest BCUT2D eigenvalue weighted by Gasteiger charge is -2.06. The van der Waals surface area contributed by atoms with Gasteiger partial charge in [-0.3, -0.25) is 14.4 Å². The summed E-state index contributed by atoms with van der Waals surface area (Å²) in [5.74, 6) is -1.20. The third-order valence-corrected chi connectivity index (χ3v) is 2.96. The van der Waals surface area contributed by atoms with Gasteiger partial charge in [0.1, 0.15) is 7.42 Å². The molecule has 3 unspecified atom stereocenters. The van der Waals surface area contributed by atoms with Crippen LogP contribution in [-0.2, 0) is 9.36 Å². The molecule has 0 radical (unpaired) electrons. The predicted octanol–water partition coefficient (Wildman–Crippen LogP) is 0.816. The first-order valence-electron chi connectivity index (χ1n) is 3.02. The van der Waals surface area contributed by atoms with E-state index >= 15 is 0 Å². The SMILES string of the molecule is C=P(=O)C(CCC(=O)O)NP. The van der Waals surface area contributed by atoms with Gasteiger partial charge in [0.25, 0.3) is 0 Å². The van der Waals surface area contributed by atoms with Gasteiger partial charge in [-0.15, -0.1) is 0 Å². The summed E-state index contributed by atoms with van der Waals surface area (Å²) < 4.78 is 10.8. The molecule has 0 amide bonds. The first kappa shape index (κ1) is 10.8. The van der Waals surface area contributed by atoms with Gasteiger partial charge in [-0.25, -0.2) is 0 Å². The molecule has 0 aromatic carbocycles. The number of carboxylic acid groups (broad SMARTS) is 1. The summed E-state index contributed by atoms with van der Waals surface area (Å²) in [6.07, 6.45) is 3.69. The quantitative estimate of drug-likeness (QED) is 0.637. The maximum absolute atomic E-state index is 10.8. The number of hydrogen-bond acceptors (Lipinski definition) is 3. The summed E-state index contributed by atoms with van der Waals surface area (Å²) in [5.41, 5.74) is 0. The van der Waals surface area contributed by atoms with E-state index in [1.54, 1.807) is 0 Å². The van der Waals surface area contributed by atoms with Crippen LogP contribution in [0.2, 0.25) is 0 Å². The minimum atomic E-state index is -1.59. The zero-order valence-electron chi connectivity index (χ0n) is 5.99. The van der Waals surface area contributed by atoms with Gasteiger partial charge in [0, 0.05) is 6.42 Å². The zero-order chi connectivity index (χ0) is 8.85. The molecule has 0 aliphatic carbocycles. The minimum Gasteiger partial charge on any atom is -0.481 e. The Hall–Kier alpha value is -0.170. The van der Waals surface area contributed by atoms with Crippen molar-refractivity contribution in [2.45, 2.75) is 18.6 Å². The number of rotatable bonds is 5. The van der Waals surface area contributed by atoms with Crippen LogP contribution >= 0.6 is 16.8 Å². The van der Waals surface area contributed by atoms with Crippen LogP contribution in [0.25, 0.3) is 0 Å². The van der Waals surface area contributed by atoms with Gasteiger partial charge in [0.2, 0.25) is 0 Å². The number of carboxylic acids is 1. The summed E-state index contributed by atoms with van der Waals surface area (Å²) in [7, 11) is 0.612. The molecule has 0 saturated carbocycles. The number of nitrogens with one attached hydrogen (secondary N) is 1. The highest BCUT2D eigenvalue weighted by molar-refractivity contribution is 7.44.